The Labute approximate surface area is 132 Å². The van der Waals surface area contributed by atoms with Gasteiger partial charge in [0, 0.05) is 36.5 Å². The molecule has 1 unspecified atom stereocenters. The van der Waals surface area contributed by atoms with Crippen LogP contribution in [0, 0.1) is 0 Å². The summed E-state index contributed by atoms with van der Waals surface area (Å²) in [5.74, 6) is 0.744. The zero-order valence-electron chi connectivity index (χ0n) is 13.6. The Hall–Kier alpha value is -0.650. The molecule has 3 rings (SSSR count). The first-order chi connectivity index (χ1) is 10.2. The average Bonchev–Trinajstić information content (AvgIpc) is 3.26. The number of hydrogen-bond acceptors (Lipinski definition) is 5. The van der Waals surface area contributed by atoms with E-state index in [1.165, 1.54) is 47.9 Å². The molecule has 1 aromatic heterocycles. The molecular formula is C16H28N4S. The summed E-state index contributed by atoms with van der Waals surface area (Å²) in [6.07, 6.45) is 5.11. The van der Waals surface area contributed by atoms with Crippen LogP contribution in [0.4, 0.5) is 5.13 Å². The molecule has 0 radical (unpaired) electrons. The maximum absolute atomic E-state index is 5.07. The Kier molecular flexibility index (Phi) is 4.82. The van der Waals surface area contributed by atoms with E-state index in [1.807, 2.05) is 18.4 Å². The molecule has 1 aliphatic carbocycles. The third-order valence-electron chi connectivity index (χ3n) is 4.64. The number of rotatable bonds is 5. The summed E-state index contributed by atoms with van der Waals surface area (Å²) in [6.45, 7) is 6.79. The standard InChI is InChI=1S/C16H28N4S/c1-4-13-11-19(3)8-5-9-20(13)16-18-15(12-6-7-12)14(21-16)10-17-2/h12-13,17H,4-11H2,1-3H3. The molecule has 1 aliphatic heterocycles. The monoisotopic (exact) mass is 308 g/mol. The van der Waals surface area contributed by atoms with Gasteiger partial charge in [0.1, 0.15) is 0 Å². The molecule has 1 atom stereocenters. The van der Waals surface area contributed by atoms with Crippen LogP contribution in [0.1, 0.15) is 49.1 Å². The number of nitrogens with one attached hydrogen (secondary N) is 1. The summed E-state index contributed by atoms with van der Waals surface area (Å²) in [4.78, 5) is 11.6. The highest BCUT2D eigenvalue weighted by atomic mass is 32.1. The third-order valence-corrected chi connectivity index (χ3v) is 5.74. The second-order valence-corrected chi connectivity index (χ2v) is 7.54. The summed E-state index contributed by atoms with van der Waals surface area (Å²) in [5, 5.41) is 4.58. The van der Waals surface area contributed by atoms with Gasteiger partial charge in [-0.3, -0.25) is 0 Å². The van der Waals surface area contributed by atoms with Gasteiger partial charge in [-0.1, -0.05) is 6.92 Å². The summed E-state index contributed by atoms with van der Waals surface area (Å²) in [6, 6.07) is 0.609. The Balaban J connectivity index is 1.85. The SMILES string of the molecule is CCC1CN(C)CCCN1c1nc(C2CC2)c(CNC)s1. The molecule has 0 amide bonds. The van der Waals surface area contributed by atoms with Gasteiger partial charge in [-0.15, -0.1) is 11.3 Å². The van der Waals surface area contributed by atoms with Crippen LogP contribution in [0.15, 0.2) is 0 Å². The molecule has 0 bridgehead atoms. The highest BCUT2D eigenvalue weighted by molar-refractivity contribution is 7.15. The Morgan fingerprint density at radius 1 is 1.33 bits per heavy atom. The normalized spacial score (nSPS) is 24.3. The van der Waals surface area contributed by atoms with Gasteiger partial charge in [0.15, 0.2) is 5.13 Å². The molecule has 5 heteroatoms. The van der Waals surface area contributed by atoms with Gasteiger partial charge in [-0.05, 0) is 46.3 Å². The van der Waals surface area contributed by atoms with Crippen molar-refractivity contribution in [1.29, 1.82) is 0 Å². The Bertz CT molecular complexity index is 469. The molecule has 1 N–H and O–H groups in total. The maximum atomic E-state index is 5.07. The number of anilines is 1. The van der Waals surface area contributed by atoms with Gasteiger partial charge < -0.3 is 15.1 Å². The zero-order chi connectivity index (χ0) is 14.8. The Morgan fingerprint density at radius 2 is 2.14 bits per heavy atom. The number of thiazole rings is 1. The van der Waals surface area contributed by atoms with Crippen LogP contribution >= 0.6 is 11.3 Å². The van der Waals surface area contributed by atoms with Gasteiger partial charge in [0.05, 0.1) is 5.69 Å². The first-order valence-electron chi connectivity index (χ1n) is 8.32. The average molecular weight is 308 g/mol. The minimum atomic E-state index is 0.609. The van der Waals surface area contributed by atoms with E-state index in [0.717, 1.165) is 25.6 Å². The van der Waals surface area contributed by atoms with Gasteiger partial charge >= 0.3 is 0 Å². The van der Waals surface area contributed by atoms with Gasteiger partial charge in [0.2, 0.25) is 0 Å². The van der Waals surface area contributed by atoms with E-state index in [4.69, 9.17) is 4.98 Å². The minimum absolute atomic E-state index is 0.609. The summed E-state index contributed by atoms with van der Waals surface area (Å²) < 4.78 is 0. The van der Waals surface area contributed by atoms with E-state index in [9.17, 15) is 0 Å². The number of nitrogens with zero attached hydrogens (tertiary/aromatic N) is 3. The van der Waals surface area contributed by atoms with Crippen LogP contribution in [0.2, 0.25) is 0 Å². The molecule has 0 aromatic carbocycles. The van der Waals surface area contributed by atoms with E-state index in [1.54, 1.807) is 0 Å². The molecule has 2 heterocycles. The van der Waals surface area contributed by atoms with Gasteiger partial charge in [0.25, 0.3) is 0 Å². The predicted molar refractivity (Wildman–Crippen MR) is 90.4 cm³/mol. The molecule has 2 aliphatic rings. The lowest BCUT2D eigenvalue weighted by molar-refractivity contribution is 0.328. The molecule has 1 aromatic rings. The zero-order valence-corrected chi connectivity index (χ0v) is 14.4. The molecular weight excluding hydrogens is 280 g/mol. The lowest BCUT2D eigenvalue weighted by atomic mass is 10.2. The number of hydrogen-bond donors (Lipinski definition) is 1. The van der Waals surface area contributed by atoms with Crippen molar-refractivity contribution in [2.75, 3.05) is 38.6 Å². The van der Waals surface area contributed by atoms with E-state index in [0.29, 0.717) is 6.04 Å². The molecule has 0 spiro atoms. The van der Waals surface area contributed by atoms with Crippen LogP contribution in [-0.2, 0) is 6.54 Å². The van der Waals surface area contributed by atoms with Gasteiger partial charge in [-0.2, -0.15) is 0 Å². The molecule has 1 saturated heterocycles. The summed E-state index contributed by atoms with van der Waals surface area (Å²) in [7, 11) is 4.28. The lowest BCUT2D eigenvalue weighted by Gasteiger charge is -2.29. The quantitative estimate of drug-likeness (QED) is 0.906. The highest BCUT2D eigenvalue weighted by Gasteiger charge is 2.32. The smallest absolute Gasteiger partial charge is 0.186 e. The fraction of sp³-hybridized carbons (Fsp3) is 0.812. The van der Waals surface area contributed by atoms with Crippen molar-refractivity contribution < 1.29 is 0 Å². The van der Waals surface area contributed by atoms with Crippen molar-refractivity contribution >= 4 is 16.5 Å². The topological polar surface area (TPSA) is 31.4 Å². The van der Waals surface area contributed by atoms with Crippen molar-refractivity contribution in [3.05, 3.63) is 10.6 Å². The second-order valence-electron chi connectivity index (χ2n) is 6.48. The van der Waals surface area contributed by atoms with E-state index in [-0.39, 0.29) is 0 Å². The molecule has 118 valence electrons. The number of likely N-dealkylation sites (N-methyl/N-ethyl adjacent to an activating group) is 1. The van der Waals surface area contributed by atoms with Crippen molar-refractivity contribution in [3.8, 4) is 0 Å². The van der Waals surface area contributed by atoms with Crippen LogP contribution in [-0.4, -0.2) is 49.7 Å². The second kappa shape index (κ2) is 6.63. The van der Waals surface area contributed by atoms with Gasteiger partial charge in [-0.25, -0.2) is 4.98 Å². The third kappa shape index (κ3) is 3.41. The van der Waals surface area contributed by atoms with E-state index >= 15 is 0 Å². The largest absolute Gasteiger partial charge is 0.344 e. The molecule has 21 heavy (non-hydrogen) atoms. The summed E-state index contributed by atoms with van der Waals surface area (Å²) in [5.41, 5.74) is 1.39. The molecule has 4 nitrogen and oxygen atoms in total. The fourth-order valence-electron chi connectivity index (χ4n) is 3.28. The molecule has 2 fully saturated rings. The Morgan fingerprint density at radius 3 is 2.81 bits per heavy atom. The van der Waals surface area contributed by atoms with E-state index < -0.39 is 0 Å². The number of aromatic nitrogens is 1. The van der Waals surface area contributed by atoms with Crippen LogP contribution < -0.4 is 10.2 Å². The van der Waals surface area contributed by atoms with Crippen molar-refractivity contribution in [3.63, 3.8) is 0 Å². The van der Waals surface area contributed by atoms with Crippen LogP contribution in [0.3, 0.4) is 0 Å². The van der Waals surface area contributed by atoms with Crippen molar-refractivity contribution in [2.24, 2.45) is 0 Å². The minimum Gasteiger partial charge on any atom is -0.344 e. The summed E-state index contributed by atoms with van der Waals surface area (Å²) >= 11 is 1.92. The fourth-order valence-corrected chi connectivity index (χ4v) is 4.54. The van der Waals surface area contributed by atoms with Crippen LogP contribution in [0.25, 0.3) is 0 Å². The van der Waals surface area contributed by atoms with E-state index in [2.05, 4.69) is 29.1 Å². The van der Waals surface area contributed by atoms with Crippen molar-refractivity contribution in [2.45, 2.75) is 51.1 Å². The predicted octanol–water partition coefficient (Wildman–Crippen LogP) is 2.66. The highest BCUT2D eigenvalue weighted by Crippen LogP contribution is 2.44. The van der Waals surface area contributed by atoms with Crippen LogP contribution in [0.5, 0.6) is 0 Å². The maximum Gasteiger partial charge on any atom is 0.186 e. The first kappa shape index (κ1) is 15.3. The molecule has 1 saturated carbocycles. The lowest BCUT2D eigenvalue weighted by Crippen LogP contribution is -2.39. The first-order valence-corrected chi connectivity index (χ1v) is 9.14. The van der Waals surface area contributed by atoms with Crippen molar-refractivity contribution in [1.82, 2.24) is 15.2 Å².